The van der Waals surface area contributed by atoms with Gasteiger partial charge >= 0.3 is 5.97 Å². The topological polar surface area (TPSA) is 92.4 Å². The fourth-order valence-corrected chi connectivity index (χ4v) is 1.60. The Labute approximate surface area is 116 Å². The van der Waals surface area contributed by atoms with Gasteiger partial charge in [-0.2, -0.15) is 0 Å². The lowest BCUT2D eigenvalue weighted by molar-refractivity contribution is 0.0660. The zero-order valence-corrected chi connectivity index (χ0v) is 11.2. The van der Waals surface area contributed by atoms with Crippen molar-refractivity contribution in [3.63, 3.8) is 0 Å². The summed E-state index contributed by atoms with van der Waals surface area (Å²) < 4.78 is 5.65. The van der Waals surface area contributed by atoms with E-state index in [0.717, 1.165) is 0 Å². The summed E-state index contributed by atoms with van der Waals surface area (Å²) in [4.78, 5) is 26.3. The molecule has 2 N–H and O–H groups in total. The Bertz CT molecular complexity index is 606. The van der Waals surface area contributed by atoms with Crippen molar-refractivity contribution in [3.05, 3.63) is 52.1 Å². The minimum atomic E-state index is -1.14. The molecule has 0 atom stereocenters. The summed E-state index contributed by atoms with van der Waals surface area (Å²) in [7, 11) is 0. The number of halogens is 1. The van der Waals surface area contributed by atoms with Gasteiger partial charge in [0.15, 0.2) is 0 Å². The molecule has 0 aromatic carbocycles. The van der Waals surface area contributed by atoms with Gasteiger partial charge in [-0.1, -0.05) is 0 Å². The zero-order chi connectivity index (χ0) is 13.8. The van der Waals surface area contributed by atoms with Crippen molar-refractivity contribution < 1.29 is 19.1 Å². The average molecular weight is 325 g/mol. The van der Waals surface area contributed by atoms with Crippen LogP contribution in [0.4, 0.5) is 0 Å². The third-order valence-corrected chi connectivity index (χ3v) is 2.75. The van der Waals surface area contributed by atoms with E-state index in [4.69, 9.17) is 9.52 Å². The Kier molecular flexibility index (Phi) is 3.96. The number of carbonyl (C=O) groups excluding carboxylic acids is 1. The molecule has 2 aromatic rings. The predicted molar refractivity (Wildman–Crippen MR) is 68.8 cm³/mol. The number of nitrogens with zero attached hydrogens (tertiary/aromatic N) is 1. The van der Waals surface area contributed by atoms with Gasteiger partial charge in [-0.3, -0.25) is 4.79 Å². The summed E-state index contributed by atoms with van der Waals surface area (Å²) >= 11 is 3.17. The molecule has 19 heavy (non-hydrogen) atoms. The summed E-state index contributed by atoms with van der Waals surface area (Å²) in [6.45, 7) is 0.113. The number of carboxylic acids is 1. The lowest BCUT2D eigenvalue weighted by atomic mass is 10.2. The number of hydrogen-bond acceptors (Lipinski definition) is 4. The Morgan fingerprint density at radius 3 is 2.68 bits per heavy atom. The highest BCUT2D eigenvalue weighted by Gasteiger charge is 2.10. The number of nitrogens with one attached hydrogen (secondary N) is 1. The first-order valence-electron chi connectivity index (χ1n) is 5.28. The lowest BCUT2D eigenvalue weighted by Crippen LogP contribution is -2.22. The number of carboxylic acid groups (broad SMARTS) is 1. The number of aromatic carboxylic acids is 1. The van der Waals surface area contributed by atoms with E-state index in [-0.39, 0.29) is 18.2 Å². The van der Waals surface area contributed by atoms with Crippen LogP contribution in [0.15, 0.2) is 39.5 Å². The van der Waals surface area contributed by atoms with Gasteiger partial charge in [-0.15, -0.1) is 0 Å². The molecule has 0 radical (unpaired) electrons. The highest BCUT2D eigenvalue weighted by Crippen LogP contribution is 2.09. The smallest absolute Gasteiger partial charge is 0.371 e. The van der Waals surface area contributed by atoms with Gasteiger partial charge < -0.3 is 14.8 Å². The van der Waals surface area contributed by atoms with E-state index in [1.165, 1.54) is 18.3 Å². The van der Waals surface area contributed by atoms with Gasteiger partial charge in [-0.05, 0) is 40.2 Å². The van der Waals surface area contributed by atoms with Gasteiger partial charge in [0, 0.05) is 6.20 Å². The fraction of sp³-hybridized carbons (Fsp3) is 0.0833. The van der Waals surface area contributed by atoms with Crippen LogP contribution in [-0.2, 0) is 6.54 Å². The van der Waals surface area contributed by atoms with Crippen LogP contribution in [0.5, 0.6) is 0 Å². The Hall–Kier alpha value is -2.15. The molecule has 2 rings (SSSR count). The molecular formula is C12H9BrN2O4. The van der Waals surface area contributed by atoms with Crippen LogP contribution in [0.1, 0.15) is 26.7 Å². The number of hydrogen-bond donors (Lipinski definition) is 2. The first-order chi connectivity index (χ1) is 9.06. The number of aromatic nitrogens is 1. The third kappa shape index (κ3) is 3.41. The maximum Gasteiger partial charge on any atom is 0.371 e. The standard InChI is InChI=1S/C12H9BrN2O4/c13-10-4-1-7(5-14-10)11(16)15-6-8-2-3-9(19-8)12(17)18/h1-5H,6H2,(H,15,16)(H,17,18). The summed E-state index contributed by atoms with van der Waals surface area (Å²) in [5, 5.41) is 11.3. The van der Waals surface area contributed by atoms with Crippen molar-refractivity contribution in [1.29, 1.82) is 0 Å². The molecule has 98 valence electrons. The van der Waals surface area contributed by atoms with Gasteiger partial charge in [0.05, 0.1) is 12.1 Å². The second kappa shape index (κ2) is 5.66. The van der Waals surface area contributed by atoms with Crippen LogP contribution in [0, 0.1) is 0 Å². The SMILES string of the molecule is O=C(NCc1ccc(C(=O)O)o1)c1ccc(Br)nc1. The molecule has 0 spiro atoms. The number of furan rings is 1. The molecule has 0 aliphatic carbocycles. The monoisotopic (exact) mass is 324 g/mol. The number of rotatable bonds is 4. The maximum atomic E-state index is 11.7. The lowest BCUT2D eigenvalue weighted by Gasteiger charge is -2.02. The molecule has 0 saturated carbocycles. The molecule has 2 aromatic heterocycles. The first-order valence-corrected chi connectivity index (χ1v) is 6.07. The molecule has 1 amide bonds. The van der Waals surface area contributed by atoms with Crippen LogP contribution < -0.4 is 5.32 Å². The van der Waals surface area contributed by atoms with Crippen molar-refractivity contribution in [3.8, 4) is 0 Å². The summed E-state index contributed by atoms with van der Waals surface area (Å²) in [6.07, 6.45) is 1.43. The quantitative estimate of drug-likeness (QED) is 0.840. The second-order valence-electron chi connectivity index (χ2n) is 3.62. The van der Waals surface area contributed by atoms with Crippen molar-refractivity contribution in [2.24, 2.45) is 0 Å². The molecule has 0 bridgehead atoms. The van der Waals surface area contributed by atoms with E-state index in [2.05, 4.69) is 26.2 Å². The summed E-state index contributed by atoms with van der Waals surface area (Å²) in [5.41, 5.74) is 0.410. The van der Waals surface area contributed by atoms with Crippen LogP contribution >= 0.6 is 15.9 Å². The Morgan fingerprint density at radius 2 is 2.11 bits per heavy atom. The van der Waals surface area contributed by atoms with E-state index in [1.807, 2.05) is 0 Å². The molecule has 6 nitrogen and oxygen atoms in total. The molecule has 0 aliphatic rings. The largest absolute Gasteiger partial charge is 0.475 e. The number of amides is 1. The van der Waals surface area contributed by atoms with E-state index in [0.29, 0.717) is 15.9 Å². The van der Waals surface area contributed by atoms with E-state index < -0.39 is 5.97 Å². The molecule has 0 unspecified atom stereocenters. The highest BCUT2D eigenvalue weighted by molar-refractivity contribution is 9.10. The van der Waals surface area contributed by atoms with Crippen molar-refractivity contribution in [1.82, 2.24) is 10.3 Å². The Morgan fingerprint density at radius 1 is 1.32 bits per heavy atom. The number of carbonyl (C=O) groups is 2. The molecule has 0 saturated heterocycles. The normalized spacial score (nSPS) is 10.2. The van der Waals surface area contributed by atoms with Crippen LogP contribution in [0.3, 0.4) is 0 Å². The highest BCUT2D eigenvalue weighted by atomic mass is 79.9. The van der Waals surface area contributed by atoms with Crippen LogP contribution in [0.25, 0.3) is 0 Å². The number of pyridine rings is 1. The molecule has 0 fully saturated rings. The Balaban J connectivity index is 1.96. The van der Waals surface area contributed by atoms with E-state index >= 15 is 0 Å². The van der Waals surface area contributed by atoms with E-state index in [9.17, 15) is 9.59 Å². The maximum absolute atomic E-state index is 11.7. The molecule has 0 aliphatic heterocycles. The van der Waals surface area contributed by atoms with Crippen molar-refractivity contribution >= 4 is 27.8 Å². The van der Waals surface area contributed by atoms with Crippen LogP contribution in [0.2, 0.25) is 0 Å². The average Bonchev–Trinajstić information content (AvgIpc) is 2.86. The minimum Gasteiger partial charge on any atom is -0.475 e. The van der Waals surface area contributed by atoms with Gasteiger partial charge in [-0.25, -0.2) is 9.78 Å². The van der Waals surface area contributed by atoms with Crippen molar-refractivity contribution in [2.75, 3.05) is 0 Å². The van der Waals surface area contributed by atoms with Gasteiger partial charge in [0.1, 0.15) is 10.4 Å². The first kappa shape index (κ1) is 13.3. The second-order valence-corrected chi connectivity index (χ2v) is 4.44. The van der Waals surface area contributed by atoms with E-state index in [1.54, 1.807) is 12.1 Å². The predicted octanol–water partition coefficient (Wildman–Crippen LogP) is 2.07. The molecule has 7 heteroatoms. The fourth-order valence-electron chi connectivity index (χ4n) is 1.37. The molecule has 2 heterocycles. The minimum absolute atomic E-state index is 0.113. The van der Waals surface area contributed by atoms with Gasteiger partial charge in [0.25, 0.3) is 5.91 Å². The van der Waals surface area contributed by atoms with Crippen molar-refractivity contribution in [2.45, 2.75) is 6.54 Å². The summed E-state index contributed by atoms with van der Waals surface area (Å²) in [5.74, 6) is -1.24. The summed E-state index contributed by atoms with van der Waals surface area (Å²) in [6, 6.07) is 6.12. The molecular weight excluding hydrogens is 316 g/mol. The third-order valence-electron chi connectivity index (χ3n) is 2.29. The van der Waals surface area contributed by atoms with Crippen LogP contribution in [-0.4, -0.2) is 22.0 Å². The zero-order valence-electron chi connectivity index (χ0n) is 9.59. The van der Waals surface area contributed by atoms with Gasteiger partial charge in [0.2, 0.25) is 5.76 Å².